The average Bonchev–Trinajstić information content (AvgIpc) is 2.83. The van der Waals surface area contributed by atoms with Crippen LogP contribution >= 0.6 is 7.82 Å². The molecule has 9 nitrogen and oxygen atoms in total. The minimum absolute atomic E-state index is 0.0291. The normalized spacial score (nSPS) is 14.2. The molecule has 10 heteroatoms. The second-order valence-corrected chi connectivity index (χ2v) is 12.5. The Labute approximate surface area is 232 Å². The molecule has 0 fully saturated rings. The Morgan fingerprint density at radius 1 is 0.711 bits per heavy atom. The van der Waals surface area contributed by atoms with Crippen LogP contribution in [0.5, 0.6) is 0 Å². The summed E-state index contributed by atoms with van der Waals surface area (Å²) in [7, 11) is 1.16. The topological polar surface area (TPSA) is 111 Å². The molecule has 0 rings (SSSR count). The van der Waals surface area contributed by atoms with E-state index in [9.17, 15) is 19.0 Å². The minimum atomic E-state index is -4.57. The van der Waals surface area contributed by atoms with E-state index in [-0.39, 0.29) is 26.1 Å². The smallest absolute Gasteiger partial charge is 0.306 e. The van der Waals surface area contributed by atoms with Crippen LogP contribution in [0.25, 0.3) is 0 Å². The molecule has 0 saturated carbocycles. The average molecular weight is 566 g/mol. The maximum absolute atomic E-state index is 12.2. The molecule has 0 aromatic heterocycles. The number of esters is 2. The Balaban J connectivity index is 4.14. The number of phosphoric ester groups is 1. The third kappa shape index (κ3) is 25.3. The Kier molecular flexibility index (Phi) is 22.2. The molecule has 0 amide bonds. The van der Waals surface area contributed by atoms with Gasteiger partial charge in [0.25, 0.3) is 7.82 Å². The fourth-order valence-electron chi connectivity index (χ4n) is 3.75. The first-order valence-electron chi connectivity index (χ1n) is 14.7. The van der Waals surface area contributed by atoms with E-state index in [0.717, 1.165) is 19.3 Å². The Hall–Kier alpha value is -0.990. The van der Waals surface area contributed by atoms with Crippen molar-refractivity contribution in [2.24, 2.45) is 0 Å². The lowest BCUT2D eigenvalue weighted by Gasteiger charge is -2.28. The van der Waals surface area contributed by atoms with Gasteiger partial charge >= 0.3 is 11.9 Å². The molecular weight excluding hydrogens is 509 g/mol. The van der Waals surface area contributed by atoms with E-state index in [1.165, 1.54) is 64.2 Å². The molecule has 0 radical (unpaired) electrons. The highest BCUT2D eigenvalue weighted by molar-refractivity contribution is 7.45. The zero-order valence-electron chi connectivity index (χ0n) is 24.9. The fraction of sp³-hybridized carbons (Fsp3) is 0.929. The van der Waals surface area contributed by atoms with E-state index in [1.807, 2.05) is 28.1 Å². The van der Waals surface area contributed by atoms with Crippen LogP contribution in [0, 0.1) is 0 Å². The summed E-state index contributed by atoms with van der Waals surface area (Å²) in [5.41, 5.74) is 0. The third-order valence-electron chi connectivity index (χ3n) is 6.10. The van der Waals surface area contributed by atoms with Crippen LogP contribution in [0.2, 0.25) is 0 Å². The van der Waals surface area contributed by atoms with Crippen LogP contribution in [-0.4, -0.2) is 70.0 Å². The number of hydrogen-bond acceptors (Lipinski definition) is 8. The minimum Gasteiger partial charge on any atom is -0.756 e. The molecule has 38 heavy (non-hydrogen) atoms. The third-order valence-corrected chi connectivity index (χ3v) is 7.06. The van der Waals surface area contributed by atoms with Gasteiger partial charge in [-0.3, -0.25) is 14.2 Å². The van der Waals surface area contributed by atoms with Gasteiger partial charge in [0.15, 0.2) is 6.10 Å². The summed E-state index contributed by atoms with van der Waals surface area (Å²) in [6.45, 7) is 3.79. The number of nitrogens with zero attached hydrogens (tertiary/aromatic N) is 1. The Morgan fingerprint density at radius 2 is 1.24 bits per heavy atom. The lowest BCUT2D eigenvalue weighted by atomic mass is 10.0. The largest absolute Gasteiger partial charge is 0.756 e. The molecule has 0 aliphatic rings. The molecule has 0 bridgehead atoms. The summed E-state index contributed by atoms with van der Waals surface area (Å²) in [6, 6.07) is 0. The van der Waals surface area contributed by atoms with Crippen LogP contribution in [0.1, 0.15) is 117 Å². The van der Waals surface area contributed by atoms with E-state index >= 15 is 0 Å². The van der Waals surface area contributed by atoms with Gasteiger partial charge in [0.1, 0.15) is 19.8 Å². The molecule has 0 N–H and O–H groups in total. The monoisotopic (exact) mass is 565 g/mol. The van der Waals surface area contributed by atoms with E-state index in [0.29, 0.717) is 17.4 Å². The highest BCUT2D eigenvalue weighted by atomic mass is 31.2. The molecular formula is C28H56NO8P. The number of ether oxygens (including phenoxy) is 2. The Bertz CT molecular complexity index is 653. The number of unbranched alkanes of at least 4 members (excludes halogenated alkanes) is 12. The van der Waals surface area contributed by atoms with Crippen molar-refractivity contribution in [1.29, 1.82) is 0 Å². The molecule has 0 aromatic rings. The summed E-state index contributed by atoms with van der Waals surface area (Å²) < 4.78 is 32.9. The van der Waals surface area contributed by atoms with Crippen LogP contribution in [-0.2, 0) is 32.7 Å². The number of rotatable bonds is 26. The van der Waals surface area contributed by atoms with Crippen LogP contribution in [0.3, 0.4) is 0 Å². The first kappa shape index (κ1) is 37.0. The summed E-state index contributed by atoms with van der Waals surface area (Å²) in [6.07, 6.45) is 15.9. The standard InChI is InChI=1S/C28H56NO8P/c1-6-8-9-10-11-12-13-14-15-16-17-18-19-21-27(30)34-24-26(37-28(31)20-7-2)25-36-38(32,33)35-23-22-29(3,4)5/h26H,6-25H2,1-5H3. The number of carbonyl (C=O) groups is 2. The highest BCUT2D eigenvalue weighted by Gasteiger charge is 2.21. The van der Waals surface area contributed by atoms with Gasteiger partial charge in [-0.1, -0.05) is 90.9 Å². The second kappa shape index (κ2) is 22.8. The van der Waals surface area contributed by atoms with Crippen molar-refractivity contribution < 1.29 is 42.1 Å². The molecule has 0 aliphatic heterocycles. The van der Waals surface area contributed by atoms with Gasteiger partial charge in [-0.2, -0.15) is 0 Å². The van der Waals surface area contributed by atoms with Gasteiger partial charge in [-0.15, -0.1) is 0 Å². The van der Waals surface area contributed by atoms with Gasteiger partial charge in [0.05, 0.1) is 27.7 Å². The Morgan fingerprint density at radius 3 is 1.74 bits per heavy atom. The summed E-state index contributed by atoms with van der Waals surface area (Å²) in [5, 5.41) is 0. The number of carbonyl (C=O) groups excluding carboxylic acids is 2. The second-order valence-electron chi connectivity index (χ2n) is 11.1. The maximum atomic E-state index is 12.2. The number of hydrogen-bond donors (Lipinski definition) is 0. The summed E-state index contributed by atoms with van der Waals surface area (Å²) in [5.74, 6) is -0.894. The highest BCUT2D eigenvalue weighted by Crippen LogP contribution is 2.38. The van der Waals surface area contributed by atoms with Gasteiger partial charge in [-0.05, 0) is 12.8 Å². The fourth-order valence-corrected chi connectivity index (χ4v) is 4.48. The van der Waals surface area contributed by atoms with E-state index in [4.69, 9.17) is 18.5 Å². The molecule has 0 aliphatic carbocycles. The molecule has 226 valence electrons. The molecule has 2 atom stereocenters. The zero-order valence-corrected chi connectivity index (χ0v) is 25.8. The van der Waals surface area contributed by atoms with Crippen molar-refractivity contribution >= 4 is 19.8 Å². The predicted octanol–water partition coefficient (Wildman–Crippen LogP) is 5.93. The predicted molar refractivity (Wildman–Crippen MR) is 148 cm³/mol. The van der Waals surface area contributed by atoms with E-state index in [1.54, 1.807) is 0 Å². The summed E-state index contributed by atoms with van der Waals surface area (Å²) >= 11 is 0. The van der Waals surface area contributed by atoms with Gasteiger partial charge in [0, 0.05) is 12.8 Å². The van der Waals surface area contributed by atoms with Crippen LogP contribution in [0.4, 0.5) is 0 Å². The maximum Gasteiger partial charge on any atom is 0.306 e. The number of likely N-dealkylation sites (N-methyl/N-ethyl adjacent to an activating group) is 1. The zero-order chi connectivity index (χ0) is 28.7. The van der Waals surface area contributed by atoms with Crippen molar-refractivity contribution in [3.8, 4) is 0 Å². The van der Waals surface area contributed by atoms with Gasteiger partial charge < -0.3 is 27.9 Å². The van der Waals surface area contributed by atoms with Gasteiger partial charge in [0.2, 0.25) is 0 Å². The van der Waals surface area contributed by atoms with E-state index < -0.39 is 32.5 Å². The first-order chi connectivity index (χ1) is 18.0. The van der Waals surface area contributed by atoms with Crippen LogP contribution < -0.4 is 4.89 Å². The van der Waals surface area contributed by atoms with E-state index in [2.05, 4.69) is 6.92 Å². The van der Waals surface area contributed by atoms with Crippen molar-refractivity contribution in [2.75, 3.05) is 47.5 Å². The molecule has 0 saturated heterocycles. The number of phosphoric acid groups is 1. The molecule has 0 spiro atoms. The lowest BCUT2D eigenvalue weighted by molar-refractivity contribution is -0.870. The van der Waals surface area contributed by atoms with Crippen LogP contribution in [0.15, 0.2) is 0 Å². The SMILES string of the molecule is CCCCCCCCCCCCCCCC(=O)OCC(COP(=O)([O-])OCC[N+](C)(C)C)OC(=O)CCC. The summed E-state index contributed by atoms with van der Waals surface area (Å²) in [4.78, 5) is 36.1. The lowest BCUT2D eigenvalue weighted by Crippen LogP contribution is -2.37. The first-order valence-corrected chi connectivity index (χ1v) is 16.2. The van der Waals surface area contributed by atoms with Crippen molar-refractivity contribution in [3.63, 3.8) is 0 Å². The van der Waals surface area contributed by atoms with Crippen molar-refractivity contribution in [1.82, 2.24) is 0 Å². The van der Waals surface area contributed by atoms with Crippen molar-refractivity contribution in [2.45, 2.75) is 123 Å². The van der Waals surface area contributed by atoms with Gasteiger partial charge in [-0.25, -0.2) is 0 Å². The molecule has 0 aromatic carbocycles. The molecule has 2 unspecified atom stereocenters. The quantitative estimate of drug-likeness (QED) is 0.0549. The van der Waals surface area contributed by atoms with Crippen molar-refractivity contribution in [3.05, 3.63) is 0 Å². The molecule has 0 heterocycles. The number of quaternary nitrogens is 1.